The van der Waals surface area contributed by atoms with Gasteiger partial charge < -0.3 is 14.0 Å². The minimum absolute atomic E-state index is 0.0784. The van der Waals surface area contributed by atoms with Crippen molar-refractivity contribution < 1.29 is 18.8 Å². The normalized spacial score (nSPS) is 18.1. The third-order valence-corrected chi connectivity index (χ3v) is 4.30. The van der Waals surface area contributed by atoms with Gasteiger partial charge in [0.05, 0.1) is 31.7 Å². The monoisotopic (exact) mass is 345 g/mol. The number of rotatable bonds is 6. The second-order valence-corrected chi connectivity index (χ2v) is 6.04. The summed E-state index contributed by atoms with van der Waals surface area (Å²) in [6.45, 7) is 4.34. The van der Waals surface area contributed by atoms with Crippen LogP contribution in [0.2, 0.25) is 0 Å². The van der Waals surface area contributed by atoms with E-state index in [1.807, 2.05) is 31.2 Å². The van der Waals surface area contributed by atoms with Gasteiger partial charge in [0.1, 0.15) is 5.75 Å². The highest BCUT2D eigenvalue weighted by Gasteiger charge is 2.27. The third-order valence-electron chi connectivity index (χ3n) is 4.30. The highest BCUT2D eigenvalue weighted by molar-refractivity contribution is 5.72. The average molecular weight is 345 g/mol. The van der Waals surface area contributed by atoms with Gasteiger partial charge in [0.15, 0.2) is 0 Å². The maximum absolute atomic E-state index is 11.9. The molecule has 0 radical (unpaired) electrons. The summed E-state index contributed by atoms with van der Waals surface area (Å²) in [5, 5.41) is 4.06. The van der Waals surface area contributed by atoms with Gasteiger partial charge >= 0.3 is 5.97 Å². The quantitative estimate of drug-likeness (QED) is 0.744. The number of carbonyl (C=O) groups excluding carboxylic acids is 1. The van der Waals surface area contributed by atoms with E-state index in [1.165, 1.54) is 0 Å². The van der Waals surface area contributed by atoms with Crippen LogP contribution in [0.5, 0.6) is 5.75 Å². The molecule has 7 nitrogen and oxygen atoms in total. The fourth-order valence-electron chi connectivity index (χ4n) is 3.10. The Labute approximate surface area is 146 Å². The van der Waals surface area contributed by atoms with Crippen molar-refractivity contribution in [3.05, 3.63) is 30.2 Å². The molecule has 0 aliphatic carbocycles. The lowest BCUT2D eigenvalue weighted by Gasteiger charge is -2.30. The average Bonchev–Trinajstić information content (AvgIpc) is 3.10. The lowest BCUT2D eigenvalue weighted by Crippen LogP contribution is -2.39. The van der Waals surface area contributed by atoms with Gasteiger partial charge in [-0.05, 0) is 38.4 Å². The van der Waals surface area contributed by atoms with Gasteiger partial charge in [-0.2, -0.15) is 4.98 Å². The first-order valence-electron chi connectivity index (χ1n) is 8.56. The van der Waals surface area contributed by atoms with Gasteiger partial charge in [-0.25, -0.2) is 0 Å². The van der Waals surface area contributed by atoms with Crippen LogP contribution in [0.15, 0.2) is 28.8 Å². The number of piperidine rings is 1. The van der Waals surface area contributed by atoms with Crippen LogP contribution in [-0.4, -0.2) is 47.8 Å². The van der Waals surface area contributed by atoms with E-state index in [0.29, 0.717) is 37.2 Å². The summed E-state index contributed by atoms with van der Waals surface area (Å²) >= 11 is 0. The molecule has 3 rings (SSSR count). The largest absolute Gasteiger partial charge is 0.496 e. The van der Waals surface area contributed by atoms with E-state index in [9.17, 15) is 4.79 Å². The fourth-order valence-corrected chi connectivity index (χ4v) is 3.10. The Balaban J connectivity index is 1.66. The Bertz CT molecular complexity index is 716. The first-order chi connectivity index (χ1) is 12.2. The molecule has 7 heteroatoms. The molecule has 1 aromatic carbocycles. The molecule has 2 aromatic rings. The molecule has 1 aliphatic rings. The molecule has 1 saturated heterocycles. The Morgan fingerprint density at radius 2 is 2.24 bits per heavy atom. The van der Waals surface area contributed by atoms with Crippen molar-refractivity contribution in [2.75, 3.05) is 26.8 Å². The maximum atomic E-state index is 11.9. The zero-order valence-electron chi connectivity index (χ0n) is 14.6. The molecule has 134 valence electrons. The number of likely N-dealkylation sites (tertiary alicyclic amines) is 1. The van der Waals surface area contributed by atoms with Crippen LogP contribution >= 0.6 is 0 Å². The molecule has 0 unspecified atom stereocenters. The first kappa shape index (κ1) is 17.4. The molecular weight excluding hydrogens is 322 g/mol. The van der Waals surface area contributed by atoms with Gasteiger partial charge in [-0.15, -0.1) is 0 Å². The maximum Gasteiger partial charge on any atom is 0.310 e. The molecule has 2 heterocycles. The first-order valence-corrected chi connectivity index (χ1v) is 8.56. The van der Waals surface area contributed by atoms with E-state index in [4.69, 9.17) is 14.0 Å². The second kappa shape index (κ2) is 8.11. The molecule has 1 aliphatic heterocycles. The van der Waals surface area contributed by atoms with Crippen LogP contribution in [0.3, 0.4) is 0 Å². The minimum Gasteiger partial charge on any atom is -0.496 e. The number of hydrogen-bond acceptors (Lipinski definition) is 7. The standard InChI is InChI=1S/C18H23N3O4/c1-3-24-18(22)13-7-6-10-21(11-13)12-16-19-17(20-25-16)14-8-4-5-9-15(14)23-2/h4-5,8-9,13H,3,6-7,10-12H2,1-2H3/t13-/m0/s1. The van der Waals surface area contributed by atoms with Gasteiger partial charge in [-0.3, -0.25) is 9.69 Å². The van der Waals surface area contributed by atoms with Gasteiger partial charge in [0.2, 0.25) is 11.7 Å². The number of ether oxygens (including phenoxy) is 2. The summed E-state index contributed by atoms with van der Waals surface area (Å²) < 4.78 is 15.9. The Kier molecular flexibility index (Phi) is 5.65. The summed E-state index contributed by atoms with van der Waals surface area (Å²) in [5.41, 5.74) is 0.794. The SMILES string of the molecule is CCOC(=O)[C@H]1CCCN(Cc2nc(-c3ccccc3OC)no2)C1. The second-order valence-electron chi connectivity index (χ2n) is 6.04. The highest BCUT2D eigenvalue weighted by atomic mass is 16.5. The van der Waals surface area contributed by atoms with Crippen LogP contribution in [0, 0.1) is 5.92 Å². The van der Waals surface area contributed by atoms with Crippen molar-refractivity contribution in [3.8, 4) is 17.1 Å². The van der Waals surface area contributed by atoms with E-state index in [0.717, 1.165) is 24.9 Å². The predicted octanol–water partition coefficient (Wildman–Crippen LogP) is 2.52. The van der Waals surface area contributed by atoms with E-state index >= 15 is 0 Å². The van der Waals surface area contributed by atoms with E-state index in [1.54, 1.807) is 7.11 Å². The lowest BCUT2D eigenvalue weighted by atomic mass is 9.98. The van der Waals surface area contributed by atoms with Crippen LogP contribution in [0.1, 0.15) is 25.7 Å². The highest BCUT2D eigenvalue weighted by Crippen LogP contribution is 2.27. The molecule has 0 N–H and O–H groups in total. The van der Waals surface area contributed by atoms with Crippen molar-refractivity contribution in [3.63, 3.8) is 0 Å². The molecule has 0 bridgehead atoms. The molecule has 1 aromatic heterocycles. The number of aromatic nitrogens is 2. The Hall–Kier alpha value is -2.41. The van der Waals surface area contributed by atoms with Gasteiger partial charge in [0.25, 0.3) is 0 Å². The van der Waals surface area contributed by atoms with Crippen LogP contribution in [0.4, 0.5) is 0 Å². The zero-order chi connectivity index (χ0) is 17.6. The molecule has 25 heavy (non-hydrogen) atoms. The lowest BCUT2D eigenvalue weighted by molar-refractivity contribution is -0.150. The van der Waals surface area contributed by atoms with Gasteiger partial charge in [0, 0.05) is 6.54 Å². The molecule has 1 fully saturated rings. The van der Waals surface area contributed by atoms with E-state index < -0.39 is 0 Å². The third kappa shape index (κ3) is 4.17. The predicted molar refractivity (Wildman–Crippen MR) is 90.9 cm³/mol. The topological polar surface area (TPSA) is 77.7 Å². The van der Waals surface area contributed by atoms with Crippen molar-refractivity contribution in [1.82, 2.24) is 15.0 Å². The van der Waals surface area contributed by atoms with Crippen molar-refractivity contribution >= 4 is 5.97 Å². The number of para-hydroxylation sites is 1. The summed E-state index contributed by atoms with van der Waals surface area (Å²) in [4.78, 5) is 18.6. The molecule has 0 saturated carbocycles. The Morgan fingerprint density at radius 1 is 1.40 bits per heavy atom. The van der Waals surface area contributed by atoms with Crippen LogP contribution in [-0.2, 0) is 16.1 Å². The molecule has 1 atom stereocenters. The summed E-state index contributed by atoms with van der Waals surface area (Å²) in [5.74, 6) is 1.55. The number of methoxy groups -OCH3 is 1. The van der Waals surface area contributed by atoms with Crippen LogP contribution in [0.25, 0.3) is 11.4 Å². The number of benzene rings is 1. The molecule has 0 spiro atoms. The molecule has 0 amide bonds. The summed E-state index contributed by atoms with van der Waals surface area (Å²) in [7, 11) is 1.61. The number of carbonyl (C=O) groups is 1. The van der Waals surface area contributed by atoms with E-state index in [2.05, 4.69) is 15.0 Å². The van der Waals surface area contributed by atoms with E-state index in [-0.39, 0.29) is 11.9 Å². The fraction of sp³-hybridized carbons (Fsp3) is 0.500. The summed E-state index contributed by atoms with van der Waals surface area (Å²) in [6, 6.07) is 7.56. The van der Waals surface area contributed by atoms with Crippen molar-refractivity contribution in [2.24, 2.45) is 5.92 Å². The molecular formula is C18H23N3O4. The minimum atomic E-state index is -0.118. The number of hydrogen-bond donors (Lipinski definition) is 0. The smallest absolute Gasteiger partial charge is 0.310 e. The zero-order valence-corrected chi connectivity index (χ0v) is 14.6. The van der Waals surface area contributed by atoms with Crippen molar-refractivity contribution in [1.29, 1.82) is 0 Å². The van der Waals surface area contributed by atoms with Crippen molar-refractivity contribution in [2.45, 2.75) is 26.3 Å². The Morgan fingerprint density at radius 3 is 3.04 bits per heavy atom. The number of nitrogens with zero attached hydrogens (tertiary/aromatic N) is 3. The van der Waals surface area contributed by atoms with Gasteiger partial charge in [-0.1, -0.05) is 17.3 Å². The summed E-state index contributed by atoms with van der Waals surface area (Å²) in [6.07, 6.45) is 1.82. The van der Waals surface area contributed by atoms with Crippen LogP contribution < -0.4 is 4.74 Å². The number of esters is 1.